The van der Waals surface area contributed by atoms with Crippen molar-refractivity contribution in [1.82, 2.24) is 14.8 Å². The van der Waals surface area contributed by atoms with Gasteiger partial charge < -0.3 is 14.5 Å². The molecule has 10 heteroatoms. The lowest BCUT2D eigenvalue weighted by atomic mass is 9.92. The highest BCUT2D eigenvalue weighted by atomic mass is 35.5. The van der Waals surface area contributed by atoms with Gasteiger partial charge in [0.2, 0.25) is 5.91 Å². The Kier molecular flexibility index (Phi) is 8.93. The number of ether oxygens (including phenoxy) is 1. The van der Waals surface area contributed by atoms with Crippen LogP contribution in [0.4, 0.5) is 15.0 Å². The molecule has 3 aromatic rings. The molecule has 2 fully saturated rings. The molecule has 0 N–H and O–H groups in total. The van der Waals surface area contributed by atoms with Gasteiger partial charge in [0.1, 0.15) is 23.5 Å². The molecule has 2 amide bonds. The predicted molar refractivity (Wildman–Crippen MR) is 158 cm³/mol. The van der Waals surface area contributed by atoms with Crippen LogP contribution in [0.15, 0.2) is 66.9 Å². The van der Waals surface area contributed by atoms with Crippen molar-refractivity contribution in [1.29, 1.82) is 5.26 Å². The molecule has 0 aliphatic carbocycles. The topological polar surface area (TPSA) is 89.8 Å². The van der Waals surface area contributed by atoms with Crippen LogP contribution < -0.4 is 9.64 Å². The zero-order valence-corrected chi connectivity index (χ0v) is 24.4. The smallest absolute Gasteiger partial charge is 0.410 e. The number of piperidine rings is 1. The molecule has 0 spiro atoms. The number of halogens is 2. The van der Waals surface area contributed by atoms with Crippen LogP contribution in [0.2, 0.25) is 5.02 Å². The lowest BCUT2D eigenvalue weighted by Gasteiger charge is -2.35. The number of likely N-dealkylation sites (tertiary alicyclic amines) is 1. The highest BCUT2D eigenvalue weighted by Crippen LogP contribution is 2.35. The average Bonchev–Trinajstić information content (AvgIpc) is 3.43. The molecular weight excluding hydrogens is 557 g/mol. The van der Waals surface area contributed by atoms with Crippen molar-refractivity contribution in [3.63, 3.8) is 0 Å². The standard InChI is InChI=1S/C32H33ClFN5O3/c1-21(2)39(32(41)42-27-10-8-26(34)9-11-27)29-20-38(19-28(29)23-4-6-25(33)7-5-23)31(40)24-13-15-37(16-14-24)30-12-3-22(17-35)18-36-30/h3-12,18,21,24,28-29H,13-16,19-20H2,1-2H3/t28?,29-/m1/s1. The molecule has 0 radical (unpaired) electrons. The summed E-state index contributed by atoms with van der Waals surface area (Å²) in [5, 5.41) is 9.65. The molecule has 8 nitrogen and oxygen atoms in total. The minimum absolute atomic E-state index is 0.0829. The van der Waals surface area contributed by atoms with E-state index in [1.807, 2.05) is 49.1 Å². The Morgan fingerprint density at radius 1 is 1.05 bits per heavy atom. The first-order valence-electron chi connectivity index (χ1n) is 14.1. The Bertz CT molecular complexity index is 1430. The van der Waals surface area contributed by atoms with Gasteiger partial charge in [-0.05, 0) is 80.8 Å². The van der Waals surface area contributed by atoms with Crippen LogP contribution in [-0.2, 0) is 4.79 Å². The van der Waals surface area contributed by atoms with Crippen molar-refractivity contribution in [2.75, 3.05) is 31.1 Å². The summed E-state index contributed by atoms with van der Waals surface area (Å²) in [5.74, 6) is 0.447. The van der Waals surface area contributed by atoms with Crippen LogP contribution in [0.5, 0.6) is 5.75 Å². The molecule has 2 aliphatic heterocycles. The fraction of sp³-hybridized carbons (Fsp3) is 0.375. The third kappa shape index (κ3) is 6.50. The quantitative estimate of drug-likeness (QED) is 0.357. The Hall–Kier alpha value is -4.16. The number of carbonyl (C=O) groups excluding carboxylic acids is 2. The number of amides is 2. The first kappa shape index (κ1) is 29.3. The number of aromatic nitrogens is 1. The van der Waals surface area contributed by atoms with Crippen LogP contribution in [0.3, 0.4) is 0 Å². The van der Waals surface area contributed by atoms with Crippen molar-refractivity contribution in [3.05, 3.63) is 88.8 Å². The van der Waals surface area contributed by atoms with E-state index >= 15 is 0 Å². The van der Waals surface area contributed by atoms with E-state index in [1.54, 1.807) is 17.2 Å². The van der Waals surface area contributed by atoms with Gasteiger partial charge in [0.15, 0.2) is 0 Å². The number of nitriles is 1. The second-order valence-electron chi connectivity index (χ2n) is 11.1. The summed E-state index contributed by atoms with van der Waals surface area (Å²) in [4.78, 5) is 37.5. The molecule has 0 bridgehead atoms. The zero-order valence-electron chi connectivity index (χ0n) is 23.6. The highest BCUT2D eigenvalue weighted by molar-refractivity contribution is 6.30. The van der Waals surface area contributed by atoms with E-state index in [-0.39, 0.29) is 35.6 Å². The maximum Gasteiger partial charge on any atom is 0.415 e. The summed E-state index contributed by atoms with van der Waals surface area (Å²) in [6.45, 7) is 6.06. The van der Waals surface area contributed by atoms with Crippen molar-refractivity contribution < 1.29 is 18.7 Å². The largest absolute Gasteiger partial charge is 0.415 e. The van der Waals surface area contributed by atoms with E-state index in [0.717, 1.165) is 11.4 Å². The molecule has 2 aromatic carbocycles. The molecular formula is C32H33ClFN5O3. The molecule has 5 rings (SSSR count). The van der Waals surface area contributed by atoms with Gasteiger partial charge in [-0.2, -0.15) is 5.26 Å². The first-order chi connectivity index (χ1) is 20.2. The molecule has 1 unspecified atom stereocenters. The number of anilines is 1. The van der Waals surface area contributed by atoms with E-state index < -0.39 is 11.9 Å². The van der Waals surface area contributed by atoms with Gasteiger partial charge in [-0.15, -0.1) is 0 Å². The molecule has 2 aliphatic rings. The maximum absolute atomic E-state index is 13.9. The summed E-state index contributed by atoms with van der Waals surface area (Å²) >= 11 is 6.17. The fourth-order valence-corrected chi connectivity index (χ4v) is 6.05. The summed E-state index contributed by atoms with van der Waals surface area (Å²) in [6, 6.07) is 18.0. The van der Waals surface area contributed by atoms with Gasteiger partial charge in [0.25, 0.3) is 0 Å². The van der Waals surface area contributed by atoms with Crippen LogP contribution in [0.25, 0.3) is 0 Å². The minimum Gasteiger partial charge on any atom is -0.410 e. The van der Waals surface area contributed by atoms with Gasteiger partial charge in [-0.25, -0.2) is 14.2 Å². The van der Waals surface area contributed by atoms with Crippen molar-refractivity contribution >= 4 is 29.4 Å². The Labute approximate surface area is 250 Å². The predicted octanol–water partition coefficient (Wildman–Crippen LogP) is 5.87. The van der Waals surface area contributed by atoms with Crippen LogP contribution in [0, 0.1) is 23.1 Å². The molecule has 2 atom stereocenters. The molecule has 0 saturated carbocycles. The second kappa shape index (κ2) is 12.8. The summed E-state index contributed by atoms with van der Waals surface area (Å²) in [5.41, 5.74) is 1.50. The van der Waals surface area contributed by atoms with Crippen molar-refractivity contribution in [2.24, 2.45) is 5.92 Å². The molecule has 3 heterocycles. The van der Waals surface area contributed by atoms with Gasteiger partial charge in [-0.3, -0.25) is 9.69 Å². The Balaban J connectivity index is 1.32. The summed E-state index contributed by atoms with van der Waals surface area (Å²) in [6.07, 6.45) is 2.40. The zero-order chi connectivity index (χ0) is 29.8. The van der Waals surface area contributed by atoms with Crippen LogP contribution in [-0.4, -0.2) is 65.0 Å². The maximum atomic E-state index is 13.9. The monoisotopic (exact) mass is 589 g/mol. The molecule has 218 valence electrons. The number of nitrogens with zero attached hydrogens (tertiary/aromatic N) is 5. The second-order valence-corrected chi connectivity index (χ2v) is 11.5. The third-order valence-electron chi connectivity index (χ3n) is 8.09. The van der Waals surface area contributed by atoms with E-state index in [0.29, 0.717) is 49.6 Å². The van der Waals surface area contributed by atoms with E-state index in [1.165, 1.54) is 24.3 Å². The van der Waals surface area contributed by atoms with Gasteiger partial charge in [0, 0.05) is 55.3 Å². The number of pyridine rings is 1. The SMILES string of the molecule is CC(C)N(C(=O)Oc1ccc(F)cc1)[C@@H]1CN(C(=O)C2CCN(c3ccc(C#N)cn3)CC2)CC1c1ccc(Cl)cc1. The molecule has 2 saturated heterocycles. The van der Waals surface area contributed by atoms with E-state index in [4.69, 9.17) is 21.6 Å². The summed E-state index contributed by atoms with van der Waals surface area (Å²) < 4.78 is 19.1. The lowest BCUT2D eigenvalue weighted by molar-refractivity contribution is -0.135. The Morgan fingerprint density at radius 3 is 2.33 bits per heavy atom. The van der Waals surface area contributed by atoms with Crippen molar-refractivity contribution in [3.8, 4) is 11.8 Å². The van der Waals surface area contributed by atoms with Gasteiger partial charge in [-0.1, -0.05) is 23.7 Å². The van der Waals surface area contributed by atoms with E-state index in [2.05, 4.69) is 16.0 Å². The number of benzene rings is 2. The number of hydrogen-bond acceptors (Lipinski definition) is 6. The van der Waals surface area contributed by atoms with Crippen LogP contribution in [0.1, 0.15) is 43.7 Å². The highest BCUT2D eigenvalue weighted by Gasteiger charge is 2.44. The number of rotatable bonds is 6. The number of hydrogen-bond donors (Lipinski definition) is 0. The third-order valence-corrected chi connectivity index (χ3v) is 8.34. The lowest BCUT2D eigenvalue weighted by Crippen LogP contribution is -2.50. The number of carbonyl (C=O) groups is 2. The van der Waals surface area contributed by atoms with Crippen molar-refractivity contribution in [2.45, 2.75) is 44.7 Å². The summed E-state index contributed by atoms with van der Waals surface area (Å²) in [7, 11) is 0. The van der Waals surface area contributed by atoms with Gasteiger partial charge in [0.05, 0.1) is 11.6 Å². The van der Waals surface area contributed by atoms with E-state index in [9.17, 15) is 14.0 Å². The van der Waals surface area contributed by atoms with Crippen LogP contribution >= 0.6 is 11.6 Å². The fourth-order valence-electron chi connectivity index (χ4n) is 5.92. The average molecular weight is 590 g/mol. The minimum atomic E-state index is -0.543. The Morgan fingerprint density at radius 2 is 1.74 bits per heavy atom. The normalized spacial score (nSPS) is 19.0. The molecule has 42 heavy (non-hydrogen) atoms. The van der Waals surface area contributed by atoms with Gasteiger partial charge >= 0.3 is 6.09 Å². The first-order valence-corrected chi connectivity index (χ1v) is 14.5. The molecule has 1 aromatic heterocycles.